The number of nitrogens with one attached hydrogen (secondary N) is 1. The maximum atomic E-state index is 11.9. The number of aryl methyl sites for hydroxylation is 2. The first kappa shape index (κ1) is 15.5. The van der Waals surface area contributed by atoms with Gasteiger partial charge in [0.1, 0.15) is 5.76 Å². The van der Waals surface area contributed by atoms with Crippen molar-refractivity contribution in [2.24, 2.45) is 0 Å². The van der Waals surface area contributed by atoms with Crippen LogP contribution in [0.5, 0.6) is 0 Å². The molecule has 2 aromatic carbocycles. The second-order valence-corrected chi connectivity index (χ2v) is 5.01. The van der Waals surface area contributed by atoms with Crippen molar-refractivity contribution in [3.05, 3.63) is 71.3 Å². The lowest BCUT2D eigenvalue weighted by Crippen LogP contribution is -2.21. The summed E-state index contributed by atoms with van der Waals surface area (Å²) in [6.45, 7) is 3.89. The van der Waals surface area contributed by atoms with Gasteiger partial charge in [0.2, 0.25) is 5.78 Å². The van der Waals surface area contributed by atoms with Gasteiger partial charge in [-0.05, 0) is 37.1 Å². The smallest absolute Gasteiger partial charge is 0.296 e. The van der Waals surface area contributed by atoms with Gasteiger partial charge >= 0.3 is 0 Å². The molecule has 0 fully saturated rings. The molecule has 2 rings (SSSR count). The highest BCUT2D eigenvalue weighted by Crippen LogP contribution is 2.15. The Hall–Kier alpha value is -2.88. The highest BCUT2D eigenvalue weighted by Gasteiger charge is 2.13. The van der Waals surface area contributed by atoms with Gasteiger partial charge < -0.3 is 10.4 Å². The SMILES string of the molecule is Cc1ccc(NC(=O)C(=O)C=C(O)c2ccccc2)cc1C. The minimum atomic E-state index is -0.806. The fourth-order valence-electron chi connectivity index (χ4n) is 1.89. The van der Waals surface area contributed by atoms with Gasteiger partial charge in [-0.1, -0.05) is 36.4 Å². The molecule has 2 aromatic rings. The Bertz CT molecular complexity index is 733. The van der Waals surface area contributed by atoms with E-state index >= 15 is 0 Å². The van der Waals surface area contributed by atoms with Crippen molar-refractivity contribution in [3.8, 4) is 0 Å². The summed E-state index contributed by atoms with van der Waals surface area (Å²) >= 11 is 0. The highest BCUT2D eigenvalue weighted by molar-refractivity contribution is 6.45. The number of ketones is 1. The van der Waals surface area contributed by atoms with Crippen molar-refractivity contribution in [1.29, 1.82) is 0 Å². The molecule has 0 aliphatic carbocycles. The molecule has 0 aliphatic rings. The predicted molar refractivity (Wildman–Crippen MR) is 86.6 cm³/mol. The molecular formula is C18H17NO3. The summed E-state index contributed by atoms with van der Waals surface area (Å²) in [6, 6.07) is 14.0. The highest BCUT2D eigenvalue weighted by atomic mass is 16.3. The van der Waals surface area contributed by atoms with Crippen LogP contribution in [0.4, 0.5) is 5.69 Å². The first-order chi connectivity index (χ1) is 10.5. The molecule has 0 saturated carbocycles. The first-order valence-electron chi connectivity index (χ1n) is 6.86. The molecule has 2 N–H and O–H groups in total. The van der Waals surface area contributed by atoms with Crippen LogP contribution < -0.4 is 5.32 Å². The number of hydrogen-bond donors (Lipinski definition) is 2. The molecule has 4 nitrogen and oxygen atoms in total. The number of carbonyl (C=O) groups is 2. The van der Waals surface area contributed by atoms with Crippen LogP contribution in [0.25, 0.3) is 5.76 Å². The largest absolute Gasteiger partial charge is 0.507 e. The summed E-state index contributed by atoms with van der Waals surface area (Å²) in [6.07, 6.45) is 0.922. The summed E-state index contributed by atoms with van der Waals surface area (Å²) in [5.41, 5.74) is 3.16. The molecule has 0 spiro atoms. The third kappa shape index (κ3) is 3.82. The zero-order valence-electron chi connectivity index (χ0n) is 12.5. The Balaban J connectivity index is 2.09. The summed E-state index contributed by atoms with van der Waals surface area (Å²) in [7, 11) is 0. The lowest BCUT2D eigenvalue weighted by atomic mass is 10.1. The van der Waals surface area contributed by atoms with Crippen molar-refractivity contribution in [2.75, 3.05) is 5.32 Å². The van der Waals surface area contributed by atoms with Crippen LogP contribution in [0.15, 0.2) is 54.6 Å². The quantitative estimate of drug-likeness (QED) is 0.516. The zero-order chi connectivity index (χ0) is 16.1. The van der Waals surface area contributed by atoms with Crippen LogP contribution >= 0.6 is 0 Å². The van der Waals surface area contributed by atoms with Gasteiger partial charge in [-0.3, -0.25) is 9.59 Å². The summed E-state index contributed by atoms with van der Waals surface area (Å²) in [5.74, 6) is -1.83. The average Bonchev–Trinajstić information content (AvgIpc) is 2.51. The van der Waals surface area contributed by atoms with E-state index in [1.165, 1.54) is 0 Å². The van der Waals surface area contributed by atoms with Crippen molar-refractivity contribution in [3.63, 3.8) is 0 Å². The van der Waals surface area contributed by atoms with Crippen LogP contribution in [0.2, 0.25) is 0 Å². The Morgan fingerprint density at radius 1 is 1.00 bits per heavy atom. The van der Waals surface area contributed by atoms with Crippen molar-refractivity contribution in [1.82, 2.24) is 0 Å². The number of anilines is 1. The fourth-order valence-corrected chi connectivity index (χ4v) is 1.89. The maximum Gasteiger partial charge on any atom is 0.296 e. The molecule has 22 heavy (non-hydrogen) atoms. The van der Waals surface area contributed by atoms with E-state index in [0.717, 1.165) is 17.2 Å². The van der Waals surface area contributed by atoms with E-state index < -0.39 is 11.7 Å². The minimum absolute atomic E-state index is 0.235. The molecular weight excluding hydrogens is 278 g/mol. The summed E-state index contributed by atoms with van der Waals surface area (Å²) in [4.78, 5) is 23.7. The Morgan fingerprint density at radius 2 is 1.68 bits per heavy atom. The van der Waals surface area contributed by atoms with Gasteiger partial charge in [-0.25, -0.2) is 0 Å². The average molecular weight is 295 g/mol. The maximum absolute atomic E-state index is 11.9. The molecule has 112 valence electrons. The van der Waals surface area contributed by atoms with Crippen molar-refractivity contribution < 1.29 is 14.7 Å². The molecule has 0 atom stereocenters. The van der Waals surface area contributed by atoms with Crippen molar-refractivity contribution >= 4 is 23.1 Å². The molecule has 0 heterocycles. The Labute approximate surface area is 129 Å². The lowest BCUT2D eigenvalue weighted by molar-refractivity contribution is -0.131. The molecule has 0 unspecified atom stereocenters. The van der Waals surface area contributed by atoms with Crippen LogP contribution in [0, 0.1) is 13.8 Å². The molecule has 1 amide bonds. The van der Waals surface area contributed by atoms with Gasteiger partial charge in [0.15, 0.2) is 0 Å². The topological polar surface area (TPSA) is 66.4 Å². The molecule has 0 radical (unpaired) electrons. The van der Waals surface area contributed by atoms with E-state index in [9.17, 15) is 14.7 Å². The number of amides is 1. The molecule has 0 bridgehead atoms. The molecule has 4 heteroatoms. The summed E-state index contributed by atoms with van der Waals surface area (Å²) < 4.78 is 0. The molecule has 0 aromatic heterocycles. The van der Waals surface area contributed by atoms with E-state index in [0.29, 0.717) is 11.3 Å². The second kappa shape index (κ2) is 6.72. The standard InChI is InChI=1S/C18H17NO3/c1-12-8-9-15(10-13(12)2)19-18(22)17(21)11-16(20)14-6-4-3-5-7-14/h3-11,20H,1-2H3,(H,19,22). The van der Waals surface area contributed by atoms with Gasteiger partial charge in [0, 0.05) is 17.3 Å². The van der Waals surface area contributed by atoms with Crippen LogP contribution in [-0.2, 0) is 9.59 Å². The van der Waals surface area contributed by atoms with Gasteiger partial charge in [0.25, 0.3) is 5.91 Å². The summed E-state index contributed by atoms with van der Waals surface area (Å²) in [5, 5.41) is 12.4. The molecule has 0 saturated heterocycles. The zero-order valence-corrected chi connectivity index (χ0v) is 12.5. The van der Waals surface area contributed by atoms with E-state index in [1.54, 1.807) is 42.5 Å². The molecule has 0 aliphatic heterocycles. The number of carbonyl (C=O) groups excluding carboxylic acids is 2. The number of rotatable bonds is 4. The van der Waals surface area contributed by atoms with E-state index in [4.69, 9.17) is 0 Å². The van der Waals surface area contributed by atoms with Crippen LogP contribution in [0.1, 0.15) is 16.7 Å². The first-order valence-corrected chi connectivity index (χ1v) is 6.86. The normalized spacial score (nSPS) is 11.1. The minimum Gasteiger partial charge on any atom is -0.507 e. The van der Waals surface area contributed by atoms with Gasteiger partial charge in [0.05, 0.1) is 0 Å². The third-order valence-electron chi connectivity index (χ3n) is 3.33. The number of aliphatic hydroxyl groups is 1. The van der Waals surface area contributed by atoms with Crippen LogP contribution in [-0.4, -0.2) is 16.8 Å². The van der Waals surface area contributed by atoms with E-state index in [1.807, 2.05) is 19.9 Å². The Morgan fingerprint density at radius 3 is 2.32 bits per heavy atom. The predicted octanol–water partition coefficient (Wildman–Crippen LogP) is 3.41. The van der Waals surface area contributed by atoms with Gasteiger partial charge in [-0.15, -0.1) is 0 Å². The van der Waals surface area contributed by atoms with Gasteiger partial charge in [-0.2, -0.15) is 0 Å². The van der Waals surface area contributed by atoms with Crippen LogP contribution in [0.3, 0.4) is 0 Å². The monoisotopic (exact) mass is 295 g/mol. The van der Waals surface area contributed by atoms with Crippen molar-refractivity contribution in [2.45, 2.75) is 13.8 Å². The van der Waals surface area contributed by atoms with E-state index in [-0.39, 0.29) is 5.76 Å². The Kier molecular flexibility index (Phi) is 4.73. The number of benzene rings is 2. The van der Waals surface area contributed by atoms with E-state index in [2.05, 4.69) is 5.32 Å². The lowest BCUT2D eigenvalue weighted by Gasteiger charge is -2.06. The fraction of sp³-hybridized carbons (Fsp3) is 0.111. The number of hydrogen-bond acceptors (Lipinski definition) is 3. The second-order valence-electron chi connectivity index (χ2n) is 5.01. The number of aliphatic hydroxyl groups excluding tert-OH is 1. The third-order valence-corrected chi connectivity index (χ3v) is 3.33.